The first-order valence-corrected chi connectivity index (χ1v) is 21.4. The molecule has 5 rings (SSSR count). The zero-order chi connectivity index (χ0) is 44.1. The van der Waals surface area contributed by atoms with E-state index in [4.69, 9.17) is 37.5 Å². The normalized spacial score (nSPS) is 18.3. The van der Waals surface area contributed by atoms with E-state index in [0.29, 0.717) is 17.1 Å². The van der Waals surface area contributed by atoms with Crippen molar-refractivity contribution >= 4 is 20.3 Å². The standard InChI is InChI=1S/C45H58N5O10P/c1-30(2)50(31(3)4)61(58-25-13-24-46)60-40-39(59-43(41(40)56-27-26-53-7)49-28-32(5)42(47-33(6)51)48-44(49)52)29-57-45(34-14-11-10-12-15-34,35-16-20-37(54-8)21-17-35)36-18-22-38(55-9)23-19-36/h10-12,14-23,28,30-31,39-41,43H,13,25-27,29H2,1-9H3,(H,47,48,51,52). The Bertz CT molecular complexity index is 2040. The van der Waals surface area contributed by atoms with Crippen molar-refractivity contribution in [1.82, 2.24) is 14.2 Å². The maximum absolute atomic E-state index is 13.9. The molecule has 0 bridgehead atoms. The number of nitriles is 1. The predicted molar refractivity (Wildman–Crippen MR) is 231 cm³/mol. The Morgan fingerprint density at radius 1 is 0.902 bits per heavy atom. The highest BCUT2D eigenvalue weighted by Gasteiger charge is 2.51. The maximum Gasteiger partial charge on any atom is 0.351 e. The molecule has 0 spiro atoms. The number of carbonyl (C=O) groups is 1. The summed E-state index contributed by atoms with van der Waals surface area (Å²) in [5.41, 5.74) is 1.09. The lowest BCUT2D eigenvalue weighted by atomic mass is 9.80. The zero-order valence-corrected chi connectivity index (χ0v) is 37.3. The number of benzene rings is 3. The average molecular weight is 860 g/mol. The second kappa shape index (κ2) is 22.4. The summed E-state index contributed by atoms with van der Waals surface area (Å²) >= 11 is 0. The van der Waals surface area contributed by atoms with Gasteiger partial charge in [0.1, 0.15) is 41.2 Å². The number of carbonyl (C=O) groups excluding carboxylic acids is 1. The van der Waals surface area contributed by atoms with Crippen LogP contribution in [-0.4, -0.2) is 98.3 Å². The third kappa shape index (κ3) is 11.4. The van der Waals surface area contributed by atoms with Crippen LogP contribution in [0.25, 0.3) is 0 Å². The second-order valence-electron chi connectivity index (χ2n) is 15.0. The SMILES string of the molecule is COCCOC1C(OP(OCCC#N)N(C(C)C)C(C)C)C(COC(c2ccccc2)(c2ccc(OC)cc2)c2ccc(OC)cc2)OC1n1cc(C)c(NC(C)=O)nc1=O. The van der Waals surface area contributed by atoms with Crippen LogP contribution in [0.5, 0.6) is 11.5 Å². The Labute approximate surface area is 359 Å². The average Bonchev–Trinajstić information content (AvgIpc) is 3.58. The number of rotatable bonds is 22. The molecule has 15 nitrogen and oxygen atoms in total. The molecule has 1 saturated heterocycles. The van der Waals surface area contributed by atoms with Gasteiger partial charge in [0, 0.05) is 37.9 Å². The molecule has 1 aliphatic rings. The first-order valence-electron chi connectivity index (χ1n) is 20.2. The highest BCUT2D eigenvalue weighted by Crippen LogP contribution is 2.51. The first-order chi connectivity index (χ1) is 29.4. The molecular weight excluding hydrogens is 801 g/mol. The van der Waals surface area contributed by atoms with Gasteiger partial charge in [0.25, 0.3) is 8.53 Å². The molecule has 5 atom stereocenters. The molecule has 1 amide bonds. The fraction of sp³-hybridized carbons (Fsp3) is 0.467. The van der Waals surface area contributed by atoms with Crippen molar-refractivity contribution in [2.45, 2.75) is 90.2 Å². The van der Waals surface area contributed by atoms with E-state index >= 15 is 0 Å². The number of hydrogen-bond donors (Lipinski definition) is 1. The summed E-state index contributed by atoms with van der Waals surface area (Å²) in [7, 11) is 2.97. The van der Waals surface area contributed by atoms with Gasteiger partial charge in [0.15, 0.2) is 6.23 Å². The van der Waals surface area contributed by atoms with Crippen molar-refractivity contribution in [3.8, 4) is 17.6 Å². The van der Waals surface area contributed by atoms with Crippen LogP contribution in [0.4, 0.5) is 5.82 Å². The van der Waals surface area contributed by atoms with Crippen LogP contribution >= 0.6 is 8.53 Å². The summed E-state index contributed by atoms with van der Waals surface area (Å²) in [5, 5.41) is 12.1. The fourth-order valence-electron chi connectivity index (χ4n) is 7.36. The quantitative estimate of drug-likeness (QED) is 0.0483. The number of hydrogen-bond acceptors (Lipinski definition) is 13. The van der Waals surface area contributed by atoms with E-state index < -0.39 is 44.4 Å². The highest BCUT2D eigenvalue weighted by atomic mass is 31.2. The molecule has 61 heavy (non-hydrogen) atoms. The van der Waals surface area contributed by atoms with Crippen molar-refractivity contribution in [2.75, 3.05) is 53.1 Å². The number of aromatic nitrogens is 2. The first kappa shape index (κ1) is 47.3. The molecule has 0 aliphatic carbocycles. The van der Waals surface area contributed by atoms with Gasteiger partial charge in [-0.3, -0.25) is 9.36 Å². The summed E-state index contributed by atoms with van der Waals surface area (Å²) < 4.78 is 54.3. The lowest BCUT2D eigenvalue weighted by molar-refractivity contribution is -0.114. The van der Waals surface area contributed by atoms with Gasteiger partial charge in [-0.25, -0.2) is 9.46 Å². The Morgan fingerprint density at radius 2 is 1.49 bits per heavy atom. The number of nitrogens with zero attached hydrogens (tertiary/aromatic N) is 4. The molecule has 1 aliphatic heterocycles. The van der Waals surface area contributed by atoms with Gasteiger partial charge in [0.05, 0.1) is 53.1 Å². The summed E-state index contributed by atoms with van der Waals surface area (Å²) in [6.07, 6.45) is -2.05. The number of amides is 1. The van der Waals surface area contributed by atoms with Gasteiger partial charge in [-0.2, -0.15) is 10.2 Å². The van der Waals surface area contributed by atoms with E-state index in [-0.39, 0.29) is 56.7 Å². The largest absolute Gasteiger partial charge is 0.497 e. The lowest BCUT2D eigenvalue weighted by Gasteiger charge is -2.39. The molecule has 16 heteroatoms. The van der Waals surface area contributed by atoms with Gasteiger partial charge >= 0.3 is 5.69 Å². The van der Waals surface area contributed by atoms with Gasteiger partial charge in [-0.05, 0) is 75.6 Å². The number of ether oxygens (including phenoxy) is 6. The summed E-state index contributed by atoms with van der Waals surface area (Å²) in [5.74, 6) is 1.13. The Hall–Kier alpha value is -4.75. The third-order valence-electron chi connectivity index (χ3n) is 10.1. The van der Waals surface area contributed by atoms with Crippen molar-refractivity contribution in [2.24, 2.45) is 0 Å². The Morgan fingerprint density at radius 3 is 2.02 bits per heavy atom. The molecule has 328 valence electrons. The number of aryl methyl sites for hydroxylation is 1. The van der Waals surface area contributed by atoms with Crippen LogP contribution in [-0.2, 0) is 38.4 Å². The fourth-order valence-corrected chi connectivity index (χ4v) is 9.13. The second-order valence-corrected chi connectivity index (χ2v) is 16.4. The minimum atomic E-state index is -1.84. The van der Waals surface area contributed by atoms with Crippen LogP contribution in [0.2, 0.25) is 0 Å². The van der Waals surface area contributed by atoms with E-state index in [1.54, 1.807) is 34.4 Å². The number of nitrogens with one attached hydrogen (secondary N) is 1. The van der Waals surface area contributed by atoms with Gasteiger partial charge in [-0.1, -0.05) is 54.6 Å². The van der Waals surface area contributed by atoms with Crippen molar-refractivity contribution < 1.29 is 42.3 Å². The van der Waals surface area contributed by atoms with Crippen molar-refractivity contribution in [1.29, 1.82) is 5.26 Å². The van der Waals surface area contributed by atoms with Gasteiger partial charge in [0.2, 0.25) is 5.91 Å². The monoisotopic (exact) mass is 859 g/mol. The van der Waals surface area contributed by atoms with E-state index in [9.17, 15) is 14.9 Å². The molecule has 4 aromatic rings. The number of anilines is 1. The van der Waals surface area contributed by atoms with E-state index in [0.717, 1.165) is 16.7 Å². The molecule has 1 aromatic heterocycles. The molecule has 0 radical (unpaired) electrons. The van der Waals surface area contributed by atoms with E-state index in [1.807, 2.05) is 78.9 Å². The summed E-state index contributed by atoms with van der Waals surface area (Å²) in [6, 6.07) is 27.4. The van der Waals surface area contributed by atoms with Crippen molar-refractivity contribution in [3.05, 3.63) is 118 Å². The Kier molecular flexibility index (Phi) is 17.3. The van der Waals surface area contributed by atoms with E-state index in [1.165, 1.54) is 11.5 Å². The van der Waals surface area contributed by atoms with E-state index in [2.05, 4.69) is 48.7 Å². The molecule has 0 saturated carbocycles. The van der Waals surface area contributed by atoms with Gasteiger partial charge in [-0.15, -0.1) is 0 Å². The van der Waals surface area contributed by atoms with Gasteiger partial charge < -0.3 is 42.8 Å². The molecule has 5 unspecified atom stereocenters. The lowest BCUT2D eigenvalue weighted by Crippen LogP contribution is -2.43. The zero-order valence-electron chi connectivity index (χ0n) is 36.4. The maximum atomic E-state index is 13.9. The van der Waals surface area contributed by atoms with Crippen LogP contribution < -0.4 is 20.5 Å². The number of methoxy groups -OCH3 is 3. The highest BCUT2D eigenvalue weighted by molar-refractivity contribution is 7.44. The van der Waals surface area contributed by atoms with Crippen molar-refractivity contribution in [3.63, 3.8) is 0 Å². The predicted octanol–water partition coefficient (Wildman–Crippen LogP) is 7.13. The minimum Gasteiger partial charge on any atom is -0.497 e. The molecular formula is C45H58N5O10P. The van der Waals surface area contributed by atoms with Crippen LogP contribution in [0.3, 0.4) is 0 Å². The molecule has 1 fully saturated rings. The molecule has 2 heterocycles. The third-order valence-corrected chi connectivity index (χ3v) is 12.2. The molecule has 1 N–H and O–H groups in total. The molecule has 3 aromatic carbocycles. The minimum absolute atomic E-state index is 0.0134. The van der Waals surface area contributed by atoms with Crippen LogP contribution in [0.15, 0.2) is 89.9 Å². The smallest absolute Gasteiger partial charge is 0.351 e. The van der Waals surface area contributed by atoms with Crippen LogP contribution in [0, 0.1) is 18.3 Å². The topological polar surface area (TPSA) is 165 Å². The Balaban J connectivity index is 1.70. The summed E-state index contributed by atoms with van der Waals surface area (Å²) in [4.78, 5) is 30.1. The van der Waals surface area contributed by atoms with Crippen LogP contribution in [0.1, 0.15) is 69.5 Å². The summed E-state index contributed by atoms with van der Waals surface area (Å²) in [6.45, 7) is 11.7.